The van der Waals surface area contributed by atoms with Gasteiger partial charge in [0.2, 0.25) is 10.0 Å². The molecule has 238 valence electrons. The van der Waals surface area contributed by atoms with Crippen LogP contribution in [0, 0.1) is 0 Å². The summed E-state index contributed by atoms with van der Waals surface area (Å²) in [6.07, 6.45) is 8.59. The molecule has 1 aliphatic carbocycles. The Morgan fingerprint density at radius 2 is 1.64 bits per heavy atom. The van der Waals surface area contributed by atoms with Gasteiger partial charge in [0, 0.05) is 68.3 Å². The SMILES string of the molecule is CN1CCN(S(=O)(=O)c2ccc(Nc3cc(-c4ccc5nc6c(c(N7CC[C@H](N)C7)c5c4)CCCCC6)ccn3)cc2)CC1.Cl. The molecule has 4 aromatic rings. The summed E-state index contributed by atoms with van der Waals surface area (Å²) in [7, 11) is -1.49. The number of anilines is 3. The first kappa shape index (κ1) is 31.7. The molecule has 4 heterocycles. The van der Waals surface area contributed by atoms with E-state index in [-0.39, 0.29) is 18.4 Å². The van der Waals surface area contributed by atoms with Crippen molar-refractivity contribution in [1.29, 1.82) is 0 Å². The first-order chi connectivity index (χ1) is 21.3. The van der Waals surface area contributed by atoms with E-state index in [2.05, 4.69) is 38.3 Å². The number of rotatable bonds is 6. The predicted molar refractivity (Wildman–Crippen MR) is 184 cm³/mol. The average molecular weight is 648 g/mol. The fraction of sp³-hybridized carbons (Fsp3) is 0.412. The molecule has 3 N–H and O–H groups in total. The Hall–Kier alpha value is -3.28. The van der Waals surface area contributed by atoms with Gasteiger partial charge in [-0.2, -0.15) is 4.31 Å². The quantitative estimate of drug-likeness (QED) is 0.275. The number of likely N-dealkylation sites (N-methyl/N-ethyl adjacent to an activating group) is 1. The van der Waals surface area contributed by atoms with E-state index >= 15 is 0 Å². The molecule has 2 fully saturated rings. The summed E-state index contributed by atoms with van der Waals surface area (Å²) in [6, 6.07) is 17.8. The number of hydrogen-bond donors (Lipinski definition) is 2. The van der Waals surface area contributed by atoms with Gasteiger partial charge in [-0.1, -0.05) is 12.5 Å². The number of nitrogens with one attached hydrogen (secondary N) is 1. The minimum Gasteiger partial charge on any atom is -0.369 e. The molecule has 45 heavy (non-hydrogen) atoms. The van der Waals surface area contributed by atoms with Crippen molar-refractivity contribution in [1.82, 2.24) is 19.2 Å². The van der Waals surface area contributed by atoms with Gasteiger partial charge >= 0.3 is 0 Å². The highest BCUT2D eigenvalue weighted by molar-refractivity contribution is 7.89. The lowest BCUT2D eigenvalue weighted by Gasteiger charge is -2.31. The molecule has 7 rings (SSSR count). The number of nitrogens with zero attached hydrogens (tertiary/aromatic N) is 5. The number of pyridine rings is 2. The number of aryl methyl sites for hydroxylation is 1. The van der Waals surface area contributed by atoms with Crippen molar-refractivity contribution in [2.75, 3.05) is 56.5 Å². The zero-order valence-electron chi connectivity index (χ0n) is 25.8. The van der Waals surface area contributed by atoms with Gasteiger partial charge in [0.25, 0.3) is 0 Å². The van der Waals surface area contributed by atoms with E-state index in [0.717, 1.165) is 67.8 Å². The lowest BCUT2D eigenvalue weighted by Crippen LogP contribution is -2.46. The summed E-state index contributed by atoms with van der Waals surface area (Å²) in [5, 5.41) is 4.56. The number of benzene rings is 2. The van der Waals surface area contributed by atoms with Gasteiger partial charge in [0.15, 0.2) is 0 Å². The monoisotopic (exact) mass is 647 g/mol. The Balaban J connectivity index is 0.00000357. The third-order valence-corrected chi connectivity index (χ3v) is 11.3. The molecule has 0 amide bonds. The van der Waals surface area contributed by atoms with Crippen LogP contribution in [0.5, 0.6) is 0 Å². The molecule has 0 spiro atoms. The van der Waals surface area contributed by atoms with Crippen LogP contribution in [0.3, 0.4) is 0 Å². The minimum absolute atomic E-state index is 0. The van der Waals surface area contributed by atoms with Crippen LogP contribution in [0.4, 0.5) is 17.2 Å². The van der Waals surface area contributed by atoms with Crippen LogP contribution in [0.25, 0.3) is 22.0 Å². The summed E-state index contributed by atoms with van der Waals surface area (Å²) >= 11 is 0. The van der Waals surface area contributed by atoms with Crippen LogP contribution in [0.15, 0.2) is 65.7 Å². The number of aromatic nitrogens is 2. The highest BCUT2D eigenvalue weighted by atomic mass is 35.5. The Labute approximate surface area is 272 Å². The maximum absolute atomic E-state index is 13.1. The molecule has 2 saturated heterocycles. The average Bonchev–Trinajstić information content (AvgIpc) is 3.32. The van der Waals surface area contributed by atoms with E-state index < -0.39 is 10.0 Å². The van der Waals surface area contributed by atoms with Gasteiger partial charge in [-0.15, -0.1) is 12.4 Å². The second-order valence-corrected chi connectivity index (χ2v) is 14.4. The minimum atomic E-state index is -3.51. The number of piperazine rings is 1. The molecule has 0 saturated carbocycles. The van der Waals surface area contributed by atoms with Crippen molar-refractivity contribution >= 4 is 50.5 Å². The second-order valence-electron chi connectivity index (χ2n) is 12.5. The van der Waals surface area contributed by atoms with E-state index in [9.17, 15) is 8.42 Å². The van der Waals surface area contributed by atoms with E-state index in [1.807, 2.05) is 25.4 Å². The molecule has 11 heteroatoms. The molecule has 0 bridgehead atoms. The Bertz CT molecular complexity index is 1780. The zero-order chi connectivity index (χ0) is 30.3. The summed E-state index contributed by atoms with van der Waals surface area (Å²) in [5.41, 5.74) is 14.4. The molecule has 9 nitrogen and oxygen atoms in total. The van der Waals surface area contributed by atoms with Crippen LogP contribution >= 0.6 is 12.4 Å². The standard InChI is InChI=1S/C34H41N7O2S.ClH/c1-39-17-19-41(20-18-39)44(42,43)28-10-8-27(9-11-28)37-33-22-25(13-15-36-33)24-7-12-32-30(21-24)34(40-16-14-26(35)23-40)29-5-3-2-4-6-31(29)38-32;/h7-13,15,21-22,26H,2-6,14,16-20,23,35H2,1H3,(H,36,37);1H/t26-;/m0./s1. The van der Waals surface area contributed by atoms with Crippen LogP contribution in [-0.4, -0.2) is 79.9 Å². The van der Waals surface area contributed by atoms with Gasteiger partial charge in [-0.25, -0.2) is 13.4 Å². The topological polar surface area (TPSA) is 108 Å². The maximum Gasteiger partial charge on any atom is 0.243 e. The third-order valence-electron chi connectivity index (χ3n) is 9.34. The molecular weight excluding hydrogens is 606 g/mol. The van der Waals surface area contributed by atoms with Crippen LogP contribution < -0.4 is 16.0 Å². The predicted octanol–water partition coefficient (Wildman–Crippen LogP) is 5.20. The van der Waals surface area contributed by atoms with Crippen molar-refractivity contribution in [3.05, 3.63) is 72.1 Å². The van der Waals surface area contributed by atoms with E-state index in [1.54, 1.807) is 28.6 Å². The van der Waals surface area contributed by atoms with Gasteiger partial charge in [-0.3, -0.25) is 4.98 Å². The summed E-state index contributed by atoms with van der Waals surface area (Å²) in [5.74, 6) is 0.697. The molecular formula is C34H42ClN7O2S. The molecule has 3 aliphatic rings. The van der Waals surface area contributed by atoms with Crippen molar-refractivity contribution in [2.24, 2.45) is 5.73 Å². The summed E-state index contributed by atoms with van der Waals surface area (Å²) in [4.78, 5) is 14.7. The second kappa shape index (κ2) is 13.2. The summed E-state index contributed by atoms with van der Waals surface area (Å²) < 4.78 is 27.8. The van der Waals surface area contributed by atoms with Crippen molar-refractivity contribution < 1.29 is 8.42 Å². The molecule has 1 atom stereocenters. The van der Waals surface area contributed by atoms with Crippen molar-refractivity contribution in [3.8, 4) is 11.1 Å². The summed E-state index contributed by atoms with van der Waals surface area (Å²) in [6.45, 7) is 4.37. The maximum atomic E-state index is 13.1. The molecule has 2 aliphatic heterocycles. The first-order valence-electron chi connectivity index (χ1n) is 15.8. The lowest BCUT2D eigenvalue weighted by molar-refractivity contribution is 0.222. The van der Waals surface area contributed by atoms with Crippen LogP contribution in [0.2, 0.25) is 0 Å². The van der Waals surface area contributed by atoms with Crippen LogP contribution in [-0.2, 0) is 22.9 Å². The van der Waals surface area contributed by atoms with E-state index in [4.69, 9.17) is 10.7 Å². The number of nitrogens with two attached hydrogens (primary N) is 1. The van der Waals surface area contributed by atoms with Gasteiger partial charge < -0.3 is 20.9 Å². The molecule has 2 aromatic heterocycles. The lowest BCUT2D eigenvalue weighted by atomic mass is 9.97. The third kappa shape index (κ3) is 6.53. The number of fused-ring (bicyclic) bond motifs is 2. The molecule has 0 radical (unpaired) electrons. The van der Waals surface area contributed by atoms with E-state index in [0.29, 0.717) is 23.8 Å². The smallest absolute Gasteiger partial charge is 0.243 e. The zero-order valence-corrected chi connectivity index (χ0v) is 27.4. The Kier molecular flexibility index (Phi) is 9.31. The fourth-order valence-electron chi connectivity index (χ4n) is 6.82. The fourth-order valence-corrected chi connectivity index (χ4v) is 8.24. The van der Waals surface area contributed by atoms with Gasteiger partial charge in [0.1, 0.15) is 5.82 Å². The molecule has 2 aromatic carbocycles. The Morgan fingerprint density at radius 3 is 2.40 bits per heavy atom. The number of sulfonamides is 1. The number of halogens is 1. The Morgan fingerprint density at radius 1 is 0.889 bits per heavy atom. The van der Waals surface area contributed by atoms with Crippen molar-refractivity contribution in [2.45, 2.75) is 49.5 Å². The first-order valence-corrected chi connectivity index (χ1v) is 17.3. The highest BCUT2D eigenvalue weighted by Gasteiger charge is 2.28. The number of hydrogen-bond acceptors (Lipinski definition) is 8. The van der Waals surface area contributed by atoms with E-state index in [1.165, 1.54) is 41.6 Å². The van der Waals surface area contributed by atoms with Crippen molar-refractivity contribution in [3.63, 3.8) is 0 Å². The normalized spacial score (nSPS) is 19.6. The highest BCUT2D eigenvalue weighted by Crippen LogP contribution is 2.39. The van der Waals surface area contributed by atoms with Crippen LogP contribution in [0.1, 0.15) is 36.9 Å². The largest absolute Gasteiger partial charge is 0.369 e. The van der Waals surface area contributed by atoms with Gasteiger partial charge in [0.05, 0.1) is 16.1 Å². The molecule has 0 unspecified atom stereocenters. The van der Waals surface area contributed by atoms with Gasteiger partial charge in [-0.05, 0) is 104 Å².